The van der Waals surface area contributed by atoms with Gasteiger partial charge in [-0.15, -0.1) is 0 Å². The number of carbonyl (C=O) groups excluding carboxylic acids is 1. The number of nitrogens with zero attached hydrogens (tertiary/aromatic N) is 2. The second kappa shape index (κ2) is 8.14. The molecule has 1 atom stereocenters. The summed E-state index contributed by atoms with van der Waals surface area (Å²) in [5, 5.41) is 5.60. The number of rotatable bonds is 5. The van der Waals surface area contributed by atoms with E-state index in [1.165, 1.54) is 6.20 Å². The third kappa shape index (κ3) is 4.47. The van der Waals surface area contributed by atoms with Crippen LogP contribution in [0.25, 0.3) is 0 Å². The topological polar surface area (TPSA) is 118 Å². The van der Waals surface area contributed by atoms with Gasteiger partial charge in [0.1, 0.15) is 11.7 Å². The first-order chi connectivity index (χ1) is 11.9. The lowest BCUT2D eigenvalue weighted by atomic mass is 10.1. The van der Waals surface area contributed by atoms with Gasteiger partial charge in [-0.2, -0.15) is 0 Å². The maximum atomic E-state index is 12.2. The van der Waals surface area contributed by atoms with Crippen LogP contribution in [-0.2, 0) is 0 Å². The van der Waals surface area contributed by atoms with Gasteiger partial charge in [-0.25, -0.2) is 9.78 Å². The van der Waals surface area contributed by atoms with E-state index in [0.717, 1.165) is 5.56 Å². The minimum absolute atomic E-state index is 0.134. The number of anilines is 2. The molecule has 0 saturated heterocycles. The highest BCUT2D eigenvalue weighted by Gasteiger charge is 2.15. The van der Waals surface area contributed by atoms with Crippen LogP contribution in [-0.4, -0.2) is 23.4 Å². The standard InChI is InChI=1S/C18H24N6O/c1-4-21-16(20)14-10-22-17(11(2)15(14)19)24-18(25)23-12(3)13-8-6-5-7-9-13/h5-10,12H,4H2,1-3H3,(H2,20,21)(H4,19,22,23,24,25). The van der Waals surface area contributed by atoms with E-state index in [0.29, 0.717) is 35.0 Å². The van der Waals surface area contributed by atoms with Gasteiger partial charge in [0.05, 0.1) is 17.3 Å². The van der Waals surface area contributed by atoms with Gasteiger partial charge in [-0.1, -0.05) is 30.3 Å². The lowest BCUT2D eigenvalue weighted by molar-refractivity contribution is 0.249. The molecule has 132 valence electrons. The van der Waals surface area contributed by atoms with Crippen LogP contribution in [0.3, 0.4) is 0 Å². The molecule has 0 aliphatic rings. The lowest BCUT2D eigenvalue weighted by Gasteiger charge is -2.16. The lowest BCUT2D eigenvalue weighted by Crippen LogP contribution is -2.32. The summed E-state index contributed by atoms with van der Waals surface area (Å²) in [6, 6.07) is 9.22. The van der Waals surface area contributed by atoms with E-state index in [4.69, 9.17) is 11.5 Å². The van der Waals surface area contributed by atoms with E-state index in [-0.39, 0.29) is 12.1 Å². The zero-order chi connectivity index (χ0) is 18.4. The molecular formula is C18H24N6O. The number of pyridine rings is 1. The van der Waals surface area contributed by atoms with Crippen molar-refractivity contribution in [2.45, 2.75) is 26.8 Å². The number of nitrogens with two attached hydrogens (primary N) is 2. The fourth-order valence-corrected chi connectivity index (χ4v) is 2.38. The first kappa shape index (κ1) is 18.3. The highest BCUT2D eigenvalue weighted by molar-refractivity contribution is 6.03. The van der Waals surface area contributed by atoms with E-state index in [1.807, 2.05) is 44.2 Å². The average Bonchev–Trinajstić information content (AvgIpc) is 2.60. The molecule has 1 unspecified atom stereocenters. The fraction of sp³-hybridized carbons (Fsp3) is 0.278. The van der Waals surface area contributed by atoms with Crippen molar-refractivity contribution in [3.05, 3.63) is 53.2 Å². The highest BCUT2D eigenvalue weighted by atomic mass is 16.2. The van der Waals surface area contributed by atoms with Crippen molar-refractivity contribution in [2.75, 3.05) is 17.6 Å². The monoisotopic (exact) mass is 340 g/mol. The molecular weight excluding hydrogens is 316 g/mol. The summed E-state index contributed by atoms with van der Waals surface area (Å²) >= 11 is 0. The number of amides is 2. The highest BCUT2D eigenvalue weighted by Crippen LogP contribution is 2.22. The molecule has 25 heavy (non-hydrogen) atoms. The summed E-state index contributed by atoms with van der Waals surface area (Å²) in [6.45, 7) is 6.14. The van der Waals surface area contributed by atoms with Crippen LogP contribution in [0.15, 0.2) is 41.5 Å². The van der Waals surface area contributed by atoms with E-state index in [1.54, 1.807) is 6.92 Å². The Labute approximate surface area is 147 Å². The molecule has 0 spiro atoms. The van der Waals surface area contributed by atoms with Gasteiger partial charge >= 0.3 is 6.03 Å². The summed E-state index contributed by atoms with van der Waals surface area (Å²) in [7, 11) is 0. The number of benzene rings is 1. The minimum Gasteiger partial charge on any atom is -0.398 e. The molecule has 0 fully saturated rings. The van der Waals surface area contributed by atoms with Gasteiger partial charge in [0.15, 0.2) is 0 Å². The van der Waals surface area contributed by atoms with Crippen LogP contribution in [0, 0.1) is 6.92 Å². The smallest absolute Gasteiger partial charge is 0.320 e. The van der Waals surface area contributed by atoms with Crippen LogP contribution >= 0.6 is 0 Å². The summed E-state index contributed by atoms with van der Waals surface area (Å²) < 4.78 is 0. The first-order valence-corrected chi connectivity index (χ1v) is 8.11. The zero-order valence-electron chi connectivity index (χ0n) is 14.7. The Morgan fingerprint density at radius 1 is 1.32 bits per heavy atom. The largest absolute Gasteiger partial charge is 0.398 e. The van der Waals surface area contributed by atoms with Gasteiger partial charge < -0.3 is 16.8 Å². The van der Waals surface area contributed by atoms with Crippen LogP contribution in [0.5, 0.6) is 0 Å². The Morgan fingerprint density at radius 3 is 2.64 bits per heavy atom. The number of carbonyl (C=O) groups is 1. The van der Waals surface area contributed by atoms with Crippen LogP contribution < -0.4 is 22.1 Å². The number of hydrogen-bond acceptors (Lipinski definition) is 4. The van der Waals surface area contributed by atoms with Crippen molar-refractivity contribution >= 4 is 23.4 Å². The van der Waals surface area contributed by atoms with Gasteiger partial charge in [0.25, 0.3) is 0 Å². The zero-order valence-corrected chi connectivity index (χ0v) is 14.7. The molecule has 0 saturated carbocycles. The molecule has 1 heterocycles. The molecule has 6 N–H and O–H groups in total. The molecule has 0 radical (unpaired) electrons. The Kier molecular flexibility index (Phi) is 5.94. The number of nitrogen functional groups attached to an aromatic ring is 1. The summed E-state index contributed by atoms with van der Waals surface area (Å²) in [5.74, 6) is 0.729. The number of aliphatic imine (C=N–C) groups is 1. The van der Waals surface area contributed by atoms with Crippen molar-refractivity contribution in [3.8, 4) is 0 Å². The predicted octanol–water partition coefficient (Wildman–Crippen LogP) is 2.58. The van der Waals surface area contributed by atoms with Crippen LogP contribution in [0.1, 0.15) is 36.6 Å². The molecule has 0 aliphatic carbocycles. The quantitative estimate of drug-likeness (QED) is 0.494. The molecule has 1 aromatic carbocycles. The molecule has 7 heteroatoms. The van der Waals surface area contributed by atoms with Crippen molar-refractivity contribution in [1.29, 1.82) is 0 Å². The molecule has 2 rings (SSSR count). The Balaban J connectivity index is 2.11. The van der Waals surface area contributed by atoms with E-state index in [2.05, 4.69) is 20.6 Å². The van der Waals surface area contributed by atoms with Gasteiger partial charge in [0.2, 0.25) is 0 Å². The maximum absolute atomic E-state index is 12.2. The minimum atomic E-state index is -0.352. The number of amidine groups is 1. The third-order valence-electron chi connectivity index (χ3n) is 3.86. The van der Waals surface area contributed by atoms with Gasteiger partial charge in [0, 0.05) is 18.3 Å². The summed E-state index contributed by atoms with van der Waals surface area (Å²) in [4.78, 5) is 20.6. The molecule has 1 aromatic heterocycles. The van der Waals surface area contributed by atoms with E-state index < -0.39 is 0 Å². The average molecular weight is 340 g/mol. The molecule has 2 amide bonds. The van der Waals surface area contributed by atoms with Crippen molar-refractivity contribution in [3.63, 3.8) is 0 Å². The summed E-state index contributed by atoms with van der Waals surface area (Å²) in [6.07, 6.45) is 1.52. The predicted molar refractivity (Wildman–Crippen MR) is 102 cm³/mol. The maximum Gasteiger partial charge on any atom is 0.320 e. The normalized spacial score (nSPS) is 12.5. The van der Waals surface area contributed by atoms with Crippen molar-refractivity contribution in [1.82, 2.24) is 10.3 Å². The van der Waals surface area contributed by atoms with Gasteiger partial charge in [-0.3, -0.25) is 10.3 Å². The third-order valence-corrected chi connectivity index (χ3v) is 3.86. The van der Waals surface area contributed by atoms with E-state index >= 15 is 0 Å². The molecule has 7 nitrogen and oxygen atoms in total. The van der Waals surface area contributed by atoms with Crippen molar-refractivity contribution in [2.24, 2.45) is 10.7 Å². The second-order valence-corrected chi connectivity index (χ2v) is 5.65. The Hall–Kier alpha value is -3.09. The molecule has 0 bridgehead atoms. The molecule has 2 aromatic rings. The van der Waals surface area contributed by atoms with Crippen LogP contribution in [0.2, 0.25) is 0 Å². The molecule has 0 aliphatic heterocycles. The SMILES string of the molecule is CCN=C(N)c1cnc(NC(=O)NC(C)c2ccccc2)c(C)c1N. The summed E-state index contributed by atoms with van der Waals surface area (Å²) in [5.41, 5.74) is 14.7. The number of hydrogen-bond donors (Lipinski definition) is 4. The Bertz CT molecular complexity index is 773. The fourth-order valence-electron chi connectivity index (χ4n) is 2.38. The van der Waals surface area contributed by atoms with Gasteiger partial charge in [-0.05, 0) is 26.3 Å². The van der Waals surface area contributed by atoms with Crippen LogP contribution in [0.4, 0.5) is 16.3 Å². The number of nitrogens with one attached hydrogen (secondary N) is 2. The first-order valence-electron chi connectivity index (χ1n) is 8.11. The number of aromatic nitrogens is 1. The van der Waals surface area contributed by atoms with E-state index in [9.17, 15) is 4.79 Å². The van der Waals surface area contributed by atoms with Crippen molar-refractivity contribution < 1.29 is 4.79 Å². The Morgan fingerprint density at radius 2 is 2.00 bits per heavy atom. The second-order valence-electron chi connectivity index (χ2n) is 5.65. The number of urea groups is 1.